The third-order valence-corrected chi connectivity index (χ3v) is 5.47. The van der Waals surface area contributed by atoms with E-state index in [4.69, 9.17) is 0 Å². The number of fused-ring (bicyclic) bond motifs is 1. The first-order valence-electron chi connectivity index (χ1n) is 9.37. The molecule has 0 unspecified atom stereocenters. The van der Waals surface area contributed by atoms with E-state index >= 15 is 0 Å². The second-order valence-corrected chi connectivity index (χ2v) is 7.62. The summed E-state index contributed by atoms with van der Waals surface area (Å²) in [5.41, 5.74) is 0.0226. The molecule has 154 valence electrons. The average Bonchev–Trinajstić information content (AvgIpc) is 3.30. The van der Waals surface area contributed by atoms with Crippen LogP contribution >= 0.6 is 11.3 Å². The van der Waals surface area contributed by atoms with Crippen molar-refractivity contribution in [2.45, 2.75) is 33.2 Å². The Bertz CT molecular complexity index is 1360. The molecule has 4 aromatic rings. The van der Waals surface area contributed by atoms with Gasteiger partial charge in [0.1, 0.15) is 10.6 Å². The van der Waals surface area contributed by atoms with Crippen LogP contribution in [0, 0.1) is 6.92 Å². The Balaban J connectivity index is 1.67. The van der Waals surface area contributed by atoms with Crippen LogP contribution in [-0.4, -0.2) is 40.7 Å². The number of nitrogens with one attached hydrogen (secondary N) is 1. The van der Waals surface area contributed by atoms with Crippen molar-refractivity contribution in [2.75, 3.05) is 0 Å². The van der Waals surface area contributed by atoms with E-state index in [9.17, 15) is 14.7 Å². The molecule has 0 radical (unpaired) electrons. The van der Waals surface area contributed by atoms with Crippen molar-refractivity contribution in [1.82, 2.24) is 29.4 Å². The van der Waals surface area contributed by atoms with Gasteiger partial charge in [-0.2, -0.15) is 9.61 Å². The summed E-state index contributed by atoms with van der Waals surface area (Å²) in [5.74, 6) is 0.316. The SMILES string of the molecule is CCCCn1c(O)c(C=Nc2cccc(-c3nn4c(C)nnc4s3)c2)c(=O)[nH]c1=O. The second-order valence-electron chi connectivity index (χ2n) is 6.66. The van der Waals surface area contributed by atoms with Gasteiger partial charge in [-0.25, -0.2) is 4.79 Å². The molecule has 11 heteroatoms. The van der Waals surface area contributed by atoms with Gasteiger partial charge in [-0.15, -0.1) is 10.2 Å². The molecular weight excluding hydrogens is 406 g/mol. The van der Waals surface area contributed by atoms with E-state index in [1.807, 2.05) is 32.0 Å². The van der Waals surface area contributed by atoms with Crippen LogP contribution in [0.15, 0.2) is 38.8 Å². The summed E-state index contributed by atoms with van der Waals surface area (Å²) in [4.78, 5) is 31.3. The number of aromatic amines is 1. The lowest BCUT2D eigenvalue weighted by atomic mass is 10.2. The highest BCUT2D eigenvalue weighted by Gasteiger charge is 2.13. The number of unbranched alkanes of at least 4 members (excludes halogenated alkanes) is 1. The van der Waals surface area contributed by atoms with Crippen LogP contribution in [0.4, 0.5) is 5.69 Å². The van der Waals surface area contributed by atoms with Gasteiger partial charge < -0.3 is 5.11 Å². The molecule has 1 aromatic carbocycles. The van der Waals surface area contributed by atoms with Gasteiger partial charge >= 0.3 is 5.69 Å². The molecular formula is C19H19N7O3S. The average molecular weight is 425 g/mol. The molecule has 0 aliphatic rings. The largest absolute Gasteiger partial charge is 0.494 e. The van der Waals surface area contributed by atoms with Crippen LogP contribution in [0.2, 0.25) is 0 Å². The highest BCUT2D eigenvalue weighted by molar-refractivity contribution is 7.19. The van der Waals surface area contributed by atoms with Crippen molar-refractivity contribution in [3.8, 4) is 16.5 Å². The Labute approximate surface area is 174 Å². The maximum Gasteiger partial charge on any atom is 0.331 e. The first-order chi connectivity index (χ1) is 14.5. The van der Waals surface area contributed by atoms with Crippen molar-refractivity contribution in [1.29, 1.82) is 0 Å². The zero-order valence-corrected chi connectivity index (χ0v) is 17.2. The quantitative estimate of drug-likeness (QED) is 0.456. The summed E-state index contributed by atoms with van der Waals surface area (Å²) in [6.45, 7) is 4.11. The van der Waals surface area contributed by atoms with Crippen LogP contribution in [0.5, 0.6) is 5.88 Å². The van der Waals surface area contributed by atoms with E-state index in [1.165, 1.54) is 17.6 Å². The minimum atomic E-state index is -0.686. The summed E-state index contributed by atoms with van der Waals surface area (Å²) < 4.78 is 2.82. The fourth-order valence-electron chi connectivity index (χ4n) is 2.90. The zero-order chi connectivity index (χ0) is 21.3. The Morgan fingerprint density at radius 3 is 2.90 bits per heavy atom. The van der Waals surface area contributed by atoms with Crippen molar-refractivity contribution >= 4 is 28.2 Å². The minimum absolute atomic E-state index is 0.0643. The number of benzene rings is 1. The summed E-state index contributed by atoms with van der Waals surface area (Å²) in [6, 6.07) is 7.30. The predicted molar refractivity (Wildman–Crippen MR) is 114 cm³/mol. The van der Waals surface area contributed by atoms with Gasteiger partial charge in [0, 0.05) is 18.3 Å². The molecule has 0 fully saturated rings. The molecule has 0 atom stereocenters. The second kappa shape index (κ2) is 8.03. The molecule has 0 amide bonds. The number of H-pyrrole nitrogens is 1. The molecule has 0 saturated heterocycles. The number of hydrogen-bond donors (Lipinski definition) is 2. The van der Waals surface area contributed by atoms with Gasteiger partial charge in [0.25, 0.3) is 5.56 Å². The molecule has 0 spiro atoms. The van der Waals surface area contributed by atoms with Crippen LogP contribution in [0.25, 0.3) is 15.5 Å². The topological polar surface area (TPSA) is 131 Å². The predicted octanol–water partition coefficient (Wildman–Crippen LogP) is 2.27. The van der Waals surface area contributed by atoms with E-state index in [1.54, 1.807) is 10.6 Å². The molecule has 0 aliphatic heterocycles. The molecule has 0 aliphatic carbocycles. The number of aromatic hydroxyl groups is 1. The molecule has 3 heterocycles. The maximum atomic E-state index is 12.2. The van der Waals surface area contributed by atoms with Gasteiger partial charge in [0.05, 0.1) is 5.69 Å². The number of aryl methyl sites for hydroxylation is 1. The molecule has 10 nitrogen and oxygen atoms in total. The molecule has 4 rings (SSSR count). The van der Waals surface area contributed by atoms with Crippen LogP contribution in [0.1, 0.15) is 31.2 Å². The normalized spacial score (nSPS) is 11.7. The van der Waals surface area contributed by atoms with Gasteiger partial charge in [-0.05, 0) is 25.5 Å². The monoisotopic (exact) mass is 425 g/mol. The number of aromatic nitrogens is 6. The zero-order valence-electron chi connectivity index (χ0n) is 16.4. The van der Waals surface area contributed by atoms with E-state index in [-0.39, 0.29) is 11.4 Å². The lowest BCUT2D eigenvalue weighted by Crippen LogP contribution is -2.32. The summed E-state index contributed by atoms with van der Waals surface area (Å²) in [7, 11) is 0. The van der Waals surface area contributed by atoms with Crippen LogP contribution in [-0.2, 0) is 6.54 Å². The standard InChI is InChI=1S/C19H19N7O3S/c1-3-4-8-25-17(28)14(15(27)21-18(25)29)10-20-13-7-5-6-12(9-13)16-24-26-11(2)22-23-19(26)30-16/h5-7,9-10,28H,3-4,8H2,1-2H3,(H,21,27,29). The maximum absolute atomic E-state index is 12.2. The fraction of sp³-hybridized carbons (Fsp3) is 0.263. The summed E-state index contributed by atoms with van der Waals surface area (Å²) in [6.07, 6.45) is 2.81. The minimum Gasteiger partial charge on any atom is -0.494 e. The third kappa shape index (κ3) is 3.66. The van der Waals surface area contributed by atoms with E-state index in [0.29, 0.717) is 29.4 Å². The van der Waals surface area contributed by atoms with Gasteiger partial charge in [-0.3, -0.25) is 19.3 Å². The Hall–Kier alpha value is -3.60. The Morgan fingerprint density at radius 2 is 2.13 bits per heavy atom. The van der Waals surface area contributed by atoms with Gasteiger partial charge in [0.15, 0.2) is 5.82 Å². The number of rotatable bonds is 6. The number of nitrogens with zero attached hydrogens (tertiary/aromatic N) is 6. The smallest absolute Gasteiger partial charge is 0.331 e. The molecule has 0 bridgehead atoms. The van der Waals surface area contributed by atoms with Crippen molar-refractivity contribution in [3.05, 3.63) is 56.5 Å². The van der Waals surface area contributed by atoms with Crippen molar-refractivity contribution < 1.29 is 5.11 Å². The van der Waals surface area contributed by atoms with Gasteiger partial charge in [-0.1, -0.05) is 36.8 Å². The summed E-state index contributed by atoms with van der Waals surface area (Å²) in [5, 5.41) is 23.7. The first-order valence-corrected chi connectivity index (χ1v) is 10.2. The Kier molecular flexibility index (Phi) is 5.27. The molecule has 2 N–H and O–H groups in total. The Morgan fingerprint density at radius 1 is 1.30 bits per heavy atom. The van der Waals surface area contributed by atoms with E-state index in [0.717, 1.165) is 21.6 Å². The number of hydrogen-bond acceptors (Lipinski definition) is 8. The highest BCUT2D eigenvalue weighted by atomic mass is 32.1. The fourth-order valence-corrected chi connectivity index (χ4v) is 3.79. The molecule has 0 saturated carbocycles. The van der Waals surface area contributed by atoms with E-state index in [2.05, 4.69) is 25.3 Å². The van der Waals surface area contributed by atoms with Gasteiger partial charge in [0.2, 0.25) is 10.8 Å². The van der Waals surface area contributed by atoms with Crippen molar-refractivity contribution in [3.63, 3.8) is 0 Å². The van der Waals surface area contributed by atoms with Crippen LogP contribution in [0.3, 0.4) is 0 Å². The summed E-state index contributed by atoms with van der Waals surface area (Å²) >= 11 is 1.40. The highest BCUT2D eigenvalue weighted by Crippen LogP contribution is 2.28. The van der Waals surface area contributed by atoms with Crippen molar-refractivity contribution in [2.24, 2.45) is 4.99 Å². The molecule has 30 heavy (non-hydrogen) atoms. The molecule has 3 aromatic heterocycles. The van der Waals surface area contributed by atoms with Crippen LogP contribution < -0.4 is 11.2 Å². The first kappa shape index (κ1) is 19.7. The number of aliphatic imine (C=N–C) groups is 1. The van der Waals surface area contributed by atoms with E-state index < -0.39 is 11.2 Å². The lowest BCUT2D eigenvalue weighted by Gasteiger charge is -2.08. The lowest BCUT2D eigenvalue weighted by molar-refractivity contribution is 0.394. The third-order valence-electron chi connectivity index (χ3n) is 4.52.